The summed E-state index contributed by atoms with van der Waals surface area (Å²) >= 11 is 0. The van der Waals surface area contributed by atoms with Gasteiger partial charge in [-0.1, -0.05) is 24.3 Å². The summed E-state index contributed by atoms with van der Waals surface area (Å²) in [4.78, 5) is 4.53. The monoisotopic (exact) mass is 278 g/mol. The van der Waals surface area contributed by atoms with Gasteiger partial charge in [0.25, 0.3) is 0 Å². The normalized spacial score (nSPS) is 13.6. The number of hydrogen-bond acceptors (Lipinski definition) is 4. The smallest absolute Gasteiger partial charge is 0.148 e. The maximum absolute atomic E-state index is 11.2. The zero-order valence-corrected chi connectivity index (χ0v) is 11.9. The molecule has 0 amide bonds. The number of aromatic nitrogens is 1. The number of rotatable bonds is 5. The molecule has 0 fully saturated rings. The van der Waals surface area contributed by atoms with Gasteiger partial charge >= 0.3 is 0 Å². The highest BCUT2D eigenvalue weighted by Crippen LogP contribution is 2.11. The Bertz CT molecular complexity index is 668. The van der Waals surface area contributed by atoms with E-state index < -0.39 is 9.84 Å². The van der Waals surface area contributed by atoms with Gasteiger partial charge in [-0.2, -0.15) is 0 Å². The van der Waals surface area contributed by atoms with E-state index in [4.69, 9.17) is 0 Å². The summed E-state index contributed by atoms with van der Waals surface area (Å²) < 4.78 is 22.3. The van der Waals surface area contributed by atoms with Gasteiger partial charge in [0, 0.05) is 24.2 Å². The first-order valence-electron chi connectivity index (χ1n) is 6.20. The van der Waals surface area contributed by atoms with Crippen LogP contribution in [0, 0.1) is 0 Å². The average molecular weight is 278 g/mol. The van der Waals surface area contributed by atoms with Crippen molar-refractivity contribution < 1.29 is 8.42 Å². The van der Waals surface area contributed by atoms with E-state index in [0.717, 1.165) is 16.6 Å². The lowest BCUT2D eigenvalue weighted by molar-refractivity contribution is 0.557. The molecule has 0 aliphatic carbocycles. The van der Waals surface area contributed by atoms with E-state index in [1.54, 1.807) is 0 Å². The van der Waals surface area contributed by atoms with E-state index in [-0.39, 0.29) is 11.8 Å². The van der Waals surface area contributed by atoms with E-state index >= 15 is 0 Å². The van der Waals surface area contributed by atoms with Crippen molar-refractivity contribution >= 4 is 20.7 Å². The second-order valence-corrected chi connectivity index (χ2v) is 7.05. The lowest BCUT2D eigenvalue weighted by Crippen LogP contribution is -2.32. The molecule has 1 aromatic carbocycles. The molecule has 1 aromatic heterocycles. The Labute approximate surface area is 113 Å². The third-order valence-electron chi connectivity index (χ3n) is 2.84. The van der Waals surface area contributed by atoms with Crippen LogP contribution in [-0.2, 0) is 16.4 Å². The summed E-state index contributed by atoms with van der Waals surface area (Å²) in [6.07, 6.45) is 1.25. The molecule has 19 heavy (non-hydrogen) atoms. The molecule has 0 bridgehead atoms. The average Bonchev–Trinajstić information content (AvgIpc) is 2.34. The highest BCUT2D eigenvalue weighted by molar-refractivity contribution is 7.90. The molecule has 0 aliphatic heterocycles. The van der Waals surface area contributed by atoms with Crippen molar-refractivity contribution in [3.8, 4) is 0 Å². The van der Waals surface area contributed by atoms with Crippen molar-refractivity contribution in [2.45, 2.75) is 19.5 Å². The maximum Gasteiger partial charge on any atom is 0.148 e. The number of nitrogens with one attached hydrogen (secondary N) is 1. The van der Waals surface area contributed by atoms with Crippen LogP contribution in [0.5, 0.6) is 0 Å². The molecule has 5 heteroatoms. The number of hydrogen-bond donors (Lipinski definition) is 1. The van der Waals surface area contributed by atoms with Crippen molar-refractivity contribution in [3.05, 3.63) is 42.1 Å². The molecule has 0 radical (unpaired) electrons. The minimum absolute atomic E-state index is 0.0803. The number of pyridine rings is 1. The molecule has 2 rings (SSSR count). The van der Waals surface area contributed by atoms with Crippen molar-refractivity contribution in [2.24, 2.45) is 0 Å². The Kier molecular flexibility index (Phi) is 4.17. The van der Waals surface area contributed by atoms with Gasteiger partial charge in [-0.05, 0) is 19.1 Å². The summed E-state index contributed by atoms with van der Waals surface area (Å²) in [5, 5.41) is 4.29. The maximum atomic E-state index is 11.2. The van der Waals surface area contributed by atoms with Crippen molar-refractivity contribution in [2.75, 3.05) is 12.0 Å². The van der Waals surface area contributed by atoms with E-state index in [2.05, 4.69) is 10.3 Å². The fraction of sp³-hybridized carbons (Fsp3) is 0.357. The zero-order chi connectivity index (χ0) is 13.9. The van der Waals surface area contributed by atoms with Gasteiger partial charge in [0.2, 0.25) is 0 Å². The molecule has 0 saturated carbocycles. The van der Waals surface area contributed by atoms with E-state index in [1.807, 2.05) is 43.3 Å². The molecule has 0 aliphatic rings. The first-order valence-corrected chi connectivity index (χ1v) is 8.26. The minimum Gasteiger partial charge on any atom is -0.308 e. The summed E-state index contributed by atoms with van der Waals surface area (Å²) in [6.45, 7) is 2.43. The van der Waals surface area contributed by atoms with Crippen LogP contribution >= 0.6 is 0 Å². The predicted octanol–water partition coefficient (Wildman–Crippen LogP) is 1.76. The van der Waals surface area contributed by atoms with Crippen LogP contribution in [-0.4, -0.2) is 31.5 Å². The molecule has 1 atom stereocenters. The molecule has 102 valence electrons. The third-order valence-corrected chi connectivity index (χ3v) is 3.95. The van der Waals surface area contributed by atoms with Crippen molar-refractivity contribution in [1.82, 2.24) is 10.3 Å². The largest absolute Gasteiger partial charge is 0.308 e. The number of nitrogens with zero attached hydrogens (tertiary/aromatic N) is 1. The summed E-state index contributed by atoms with van der Waals surface area (Å²) in [7, 11) is -2.95. The molecule has 4 nitrogen and oxygen atoms in total. The number of para-hydroxylation sites is 1. The lowest BCUT2D eigenvalue weighted by atomic mass is 10.2. The third kappa shape index (κ3) is 4.29. The van der Waals surface area contributed by atoms with Gasteiger partial charge in [0.05, 0.1) is 17.0 Å². The highest BCUT2D eigenvalue weighted by Gasteiger charge is 2.10. The Morgan fingerprint density at radius 1 is 1.21 bits per heavy atom. The van der Waals surface area contributed by atoms with Crippen LogP contribution in [0.2, 0.25) is 0 Å². The van der Waals surface area contributed by atoms with Crippen molar-refractivity contribution in [1.29, 1.82) is 0 Å². The minimum atomic E-state index is -2.95. The van der Waals surface area contributed by atoms with E-state index in [1.165, 1.54) is 6.26 Å². The molecule has 0 saturated heterocycles. The number of fused-ring (bicyclic) bond motifs is 1. The van der Waals surface area contributed by atoms with Gasteiger partial charge in [-0.3, -0.25) is 4.98 Å². The van der Waals surface area contributed by atoms with Crippen molar-refractivity contribution in [3.63, 3.8) is 0 Å². The van der Waals surface area contributed by atoms with Crippen LogP contribution in [0.3, 0.4) is 0 Å². The van der Waals surface area contributed by atoms with Crippen LogP contribution in [0.1, 0.15) is 12.6 Å². The Morgan fingerprint density at radius 2 is 1.95 bits per heavy atom. The molecule has 0 spiro atoms. The van der Waals surface area contributed by atoms with Crippen LogP contribution in [0.4, 0.5) is 0 Å². The zero-order valence-electron chi connectivity index (χ0n) is 11.1. The van der Waals surface area contributed by atoms with E-state index in [0.29, 0.717) is 6.54 Å². The fourth-order valence-electron chi connectivity index (χ4n) is 2.00. The van der Waals surface area contributed by atoms with Gasteiger partial charge < -0.3 is 5.32 Å². The fourth-order valence-corrected chi connectivity index (χ4v) is 3.02. The molecule has 1 unspecified atom stereocenters. The van der Waals surface area contributed by atoms with Crippen LogP contribution < -0.4 is 5.32 Å². The molecular weight excluding hydrogens is 260 g/mol. The van der Waals surface area contributed by atoms with Crippen LogP contribution in [0.15, 0.2) is 36.4 Å². The SMILES string of the molecule is CC(CS(C)(=O)=O)NCc1ccc2ccccc2n1. The Hall–Kier alpha value is -1.46. The van der Waals surface area contributed by atoms with Crippen LogP contribution in [0.25, 0.3) is 10.9 Å². The molecule has 1 N–H and O–H groups in total. The standard InChI is InChI=1S/C14H18N2O2S/c1-11(10-19(2,17)18)15-9-13-8-7-12-5-3-4-6-14(12)16-13/h3-8,11,15H,9-10H2,1-2H3. The topological polar surface area (TPSA) is 59.1 Å². The van der Waals surface area contributed by atoms with Gasteiger partial charge in [0.1, 0.15) is 9.84 Å². The summed E-state index contributed by atoms with van der Waals surface area (Å²) in [6, 6.07) is 11.8. The second-order valence-electron chi connectivity index (χ2n) is 4.87. The van der Waals surface area contributed by atoms with Gasteiger partial charge in [0.15, 0.2) is 0 Å². The lowest BCUT2D eigenvalue weighted by Gasteiger charge is -2.12. The van der Waals surface area contributed by atoms with Gasteiger partial charge in [-0.25, -0.2) is 8.42 Å². The quantitative estimate of drug-likeness (QED) is 0.905. The summed E-state index contributed by atoms with van der Waals surface area (Å²) in [5.41, 5.74) is 1.87. The highest BCUT2D eigenvalue weighted by atomic mass is 32.2. The number of benzene rings is 1. The molecule has 1 heterocycles. The van der Waals surface area contributed by atoms with E-state index in [9.17, 15) is 8.42 Å². The first-order chi connectivity index (χ1) is 8.94. The number of sulfone groups is 1. The molecular formula is C14H18N2O2S. The van der Waals surface area contributed by atoms with Gasteiger partial charge in [-0.15, -0.1) is 0 Å². The second kappa shape index (κ2) is 5.67. The Balaban J connectivity index is 2.02. The molecule has 2 aromatic rings. The first kappa shape index (κ1) is 14.0. The predicted molar refractivity (Wildman–Crippen MR) is 77.8 cm³/mol. The summed E-state index contributed by atoms with van der Waals surface area (Å²) in [5.74, 6) is 0.139. The Morgan fingerprint density at radius 3 is 2.68 bits per heavy atom.